The van der Waals surface area contributed by atoms with Crippen LogP contribution < -0.4 is 10.6 Å². The molecule has 0 unspecified atom stereocenters. The summed E-state index contributed by atoms with van der Waals surface area (Å²) in [5.41, 5.74) is 6.66. The Hall–Kier alpha value is -1.82. The lowest BCUT2D eigenvalue weighted by Crippen LogP contribution is -2.45. The number of benzene rings is 1. The zero-order chi connectivity index (χ0) is 13.3. The van der Waals surface area contributed by atoms with E-state index in [9.17, 15) is 10.1 Å². The first-order chi connectivity index (χ1) is 8.47. The molecule has 1 heterocycles. The molecule has 0 amide bonds. The Kier molecular flexibility index (Phi) is 3.38. The molecular formula is C12H17N3O3. The number of nitrogens with zero attached hydrogens (tertiary/aromatic N) is 2. The Morgan fingerprint density at radius 2 is 2.00 bits per heavy atom. The van der Waals surface area contributed by atoms with Crippen molar-refractivity contribution in [2.75, 3.05) is 23.7 Å². The average molecular weight is 251 g/mol. The lowest BCUT2D eigenvalue weighted by Gasteiger charge is -2.36. The minimum Gasteiger partial charge on any atom is -0.399 e. The van der Waals surface area contributed by atoms with Crippen LogP contribution in [0.3, 0.4) is 0 Å². The quantitative estimate of drug-likeness (QED) is 0.492. The largest absolute Gasteiger partial charge is 0.399 e. The molecule has 18 heavy (non-hydrogen) atoms. The minimum atomic E-state index is -0.392. The fraction of sp³-hybridized carbons (Fsp3) is 0.500. The van der Waals surface area contributed by atoms with Gasteiger partial charge in [-0.3, -0.25) is 10.1 Å². The summed E-state index contributed by atoms with van der Waals surface area (Å²) in [5, 5.41) is 11.1. The van der Waals surface area contributed by atoms with Crippen LogP contribution >= 0.6 is 0 Å². The molecule has 2 rings (SSSR count). The third-order valence-electron chi connectivity index (χ3n) is 2.96. The normalized spacial score (nSPS) is 24.0. The molecule has 1 aliphatic rings. The molecule has 0 spiro atoms. The molecule has 1 fully saturated rings. The summed E-state index contributed by atoms with van der Waals surface area (Å²) in [6, 6.07) is 4.80. The SMILES string of the molecule is C[C@@H]1CN(c2ccc(N)cc2[N+](=O)[O-])C[C@H](C)O1. The van der Waals surface area contributed by atoms with Crippen molar-refractivity contribution in [3.05, 3.63) is 28.3 Å². The standard InChI is InChI=1S/C12H17N3O3/c1-8-6-14(7-9(2)18-8)11-4-3-10(13)5-12(11)15(16)17/h3-5,8-9H,6-7,13H2,1-2H3/t8-,9+. The van der Waals surface area contributed by atoms with E-state index in [1.165, 1.54) is 6.07 Å². The van der Waals surface area contributed by atoms with E-state index in [2.05, 4.69) is 0 Å². The van der Waals surface area contributed by atoms with Gasteiger partial charge in [-0.05, 0) is 26.0 Å². The summed E-state index contributed by atoms with van der Waals surface area (Å²) >= 11 is 0. The van der Waals surface area contributed by atoms with E-state index in [1.807, 2.05) is 18.7 Å². The van der Waals surface area contributed by atoms with Gasteiger partial charge in [0.1, 0.15) is 5.69 Å². The first-order valence-electron chi connectivity index (χ1n) is 5.91. The summed E-state index contributed by atoms with van der Waals surface area (Å²) in [5.74, 6) is 0. The van der Waals surface area contributed by atoms with Crippen LogP contribution in [0.2, 0.25) is 0 Å². The molecule has 0 radical (unpaired) electrons. The smallest absolute Gasteiger partial charge is 0.294 e. The highest BCUT2D eigenvalue weighted by Crippen LogP contribution is 2.32. The number of nitro groups is 1. The predicted molar refractivity (Wildman–Crippen MR) is 69.7 cm³/mol. The second-order valence-electron chi connectivity index (χ2n) is 4.67. The summed E-state index contributed by atoms with van der Waals surface area (Å²) in [7, 11) is 0. The minimum absolute atomic E-state index is 0.0521. The Bertz CT molecular complexity index is 454. The lowest BCUT2D eigenvalue weighted by atomic mass is 10.1. The fourth-order valence-corrected chi connectivity index (χ4v) is 2.33. The molecule has 1 aliphatic heterocycles. The van der Waals surface area contributed by atoms with Crippen molar-refractivity contribution in [2.24, 2.45) is 0 Å². The molecule has 2 atom stereocenters. The van der Waals surface area contributed by atoms with Crippen LogP contribution in [-0.4, -0.2) is 30.2 Å². The average Bonchev–Trinajstić information content (AvgIpc) is 2.27. The first kappa shape index (κ1) is 12.6. The third-order valence-corrected chi connectivity index (χ3v) is 2.96. The van der Waals surface area contributed by atoms with Gasteiger partial charge in [0, 0.05) is 24.8 Å². The van der Waals surface area contributed by atoms with Gasteiger partial charge >= 0.3 is 0 Å². The van der Waals surface area contributed by atoms with Gasteiger partial charge in [0.05, 0.1) is 17.1 Å². The topological polar surface area (TPSA) is 81.6 Å². The highest BCUT2D eigenvalue weighted by Gasteiger charge is 2.27. The van der Waals surface area contributed by atoms with E-state index in [0.717, 1.165) is 0 Å². The zero-order valence-corrected chi connectivity index (χ0v) is 10.5. The number of nitro benzene ring substituents is 1. The second-order valence-corrected chi connectivity index (χ2v) is 4.67. The first-order valence-corrected chi connectivity index (χ1v) is 5.91. The molecule has 1 aromatic rings. The second kappa shape index (κ2) is 4.81. The summed E-state index contributed by atoms with van der Waals surface area (Å²) < 4.78 is 5.63. The molecule has 2 N–H and O–H groups in total. The van der Waals surface area contributed by atoms with E-state index in [4.69, 9.17) is 10.5 Å². The number of ether oxygens (including phenoxy) is 1. The maximum atomic E-state index is 11.1. The van der Waals surface area contributed by atoms with Crippen molar-refractivity contribution in [1.29, 1.82) is 0 Å². The van der Waals surface area contributed by atoms with Gasteiger partial charge in [-0.2, -0.15) is 0 Å². The highest BCUT2D eigenvalue weighted by atomic mass is 16.6. The number of rotatable bonds is 2. The highest BCUT2D eigenvalue weighted by molar-refractivity contribution is 5.68. The Morgan fingerprint density at radius 3 is 2.56 bits per heavy atom. The Morgan fingerprint density at radius 1 is 1.39 bits per heavy atom. The van der Waals surface area contributed by atoms with Crippen molar-refractivity contribution < 1.29 is 9.66 Å². The van der Waals surface area contributed by atoms with Crippen molar-refractivity contribution in [1.82, 2.24) is 0 Å². The van der Waals surface area contributed by atoms with Crippen molar-refractivity contribution in [2.45, 2.75) is 26.1 Å². The molecule has 0 bridgehead atoms. The van der Waals surface area contributed by atoms with Crippen molar-refractivity contribution in [3.63, 3.8) is 0 Å². The van der Waals surface area contributed by atoms with E-state index >= 15 is 0 Å². The van der Waals surface area contributed by atoms with Crippen LogP contribution in [0.25, 0.3) is 0 Å². The van der Waals surface area contributed by atoms with Crippen molar-refractivity contribution >= 4 is 17.1 Å². The molecule has 1 saturated heterocycles. The maximum absolute atomic E-state index is 11.1. The van der Waals surface area contributed by atoms with E-state index in [1.54, 1.807) is 12.1 Å². The van der Waals surface area contributed by atoms with Crippen LogP contribution in [0.15, 0.2) is 18.2 Å². The number of anilines is 2. The molecular weight excluding hydrogens is 234 g/mol. The van der Waals surface area contributed by atoms with Crippen LogP contribution in [0.4, 0.5) is 17.1 Å². The zero-order valence-electron chi connectivity index (χ0n) is 10.5. The summed E-state index contributed by atoms with van der Waals surface area (Å²) in [4.78, 5) is 12.7. The number of hydrogen-bond acceptors (Lipinski definition) is 5. The van der Waals surface area contributed by atoms with Crippen LogP contribution in [-0.2, 0) is 4.74 Å². The van der Waals surface area contributed by atoms with Crippen LogP contribution in [0.1, 0.15) is 13.8 Å². The number of nitrogens with two attached hydrogens (primary N) is 1. The van der Waals surface area contributed by atoms with E-state index in [-0.39, 0.29) is 17.9 Å². The maximum Gasteiger partial charge on any atom is 0.294 e. The Balaban J connectivity index is 2.35. The van der Waals surface area contributed by atoms with Gasteiger partial charge in [-0.15, -0.1) is 0 Å². The number of morpholine rings is 1. The molecule has 0 aromatic heterocycles. The van der Waals surface area contributed by atoms with Gasteiger partial charge < -0.3 is 15.4 Å². The number of hydrogen-bond donors (Lipinski definition) is 1. The van der Waals surface area contributed by atoms with E-state index < -0.39 is 4.92 Å². The van der Waals surface area contributed by atoms with Gasteiger partial charge in [0.2, 0.25) is 0 Å². The Labute approximate surface area is 105 Å². The van der Waals surface area contributed by atoms with Crippen LogP contribution in [0.5, 0.6) is 0 Å². The summed E-state index contributed by atoms with van der Waals surface area (Å²) in [6.45, 7) is 5.22. The predicted octanol–water partition coefficient (Wildman–Crippen LogP) is 1.79. The number of nitrogen functional groups attached to an aromatic ring is 1. The third kappa shape index (κ3) is 2.53. The monoisotopic (exact) mass is 251 g/mol. The fourth-order valence-electron chi connectivity index (χ4n) is 2.33. The molecule has 98 valence electrons. The van der Waals surface area contributed by atoms with Gasteiger partial charge in [0.25, 0.3) is 5.69 Å². The van der Waals surface area contributed by atoms with Gasteiger partial charge in [-0.25, -0.2) is 0 Å². The van der Waals surface area contributed by atoms with Gasteiger partial charge in [-0.1, -0.05) is 0 Å². The molecule has 6 nitrogen and oxygen atoms in total. The summed E-state index contributed by atoms with van der Waals surface area (Å²) in [6.07, 6.45) is 0.122. The van der Waals surface area contributed by atoms with Crippen molar-refractivity contribution in [3.8, 4) is 0 Å². The lowest BCUT2D eigenvalue weighted by molar-refractivity contribution is -0.384. The molecule has 1 aromatic carbocycles. The molecule has 6 heteroatoms. The van der Waals surface area contributed by atoms with E-state index in [0.29, 0.717) is 24.5 Å². The molecule has 0 saturated carbocycles. The van der Waals surface area contributed by atoms with Crippen LogP contribution in [0, 0.1) is 10.1 Å². The molecule has 0 aliphatic carbocycles. The van der Waals surface area contributed by atoms with Gasteiger partial charge in [0.15, 0.2) is 0 Å².